The molecule has 0 aliphatic rings. The van der Waals surface area contributed by atoms with E-state index in [2.05, 4.69) is 16.0 Å². The maximum atomic E-state index is 13.6. The molecule has 0 fully saturated rings. The lowest BCUT2D eigenvalue weighted by molar-refractivity contribution is -0.116. The number of ether oxygens (including phenoxy) is 2. The summed E-state index contributed by atoms with van der Waals surface area (Å²) in [6.45, 7) is 1.87. The number of hydrogen-bond donors (Lipinski definition) is 4. The van der Waals surface area contributed by atoms with Crippen LogP contribution in [0.25, 0.3) is 6.08 Å². The van der Waals surface area contributed by atoms with Crippen molar-refractivity contribution >= 4 is 57.0 Å². The molecular weight excluding hydrogens is 641 g/mol. The topological polar surface area (TPSA) is 166 Å². The number of anilines is 2. The van der Waals surface area contributed by atoms with Crippen LogP contribution in [0.3, 0.4) is 0 Å². The highest BCUT2D eigenvalue weighted by Crippen LogP contribution is 2.30. The van der Waals surface area contributed by atoms with E-state index in [-0.39, 0.29) is 16.5 Å². The van der Waals surface area contributed by atoms with E-state index in [4.69, 9.17) is 14.6 Å². The third kappa shape index (κ3) is 9.69. The molecule has 47 heavy (non-hydrogen) atoms. The van der Waals surface area contributed by atoms with Gasteiger partial charge in [0.1, 0.15) is 17.2 Å². The van der Waals surface area contributed by atoms with E-state index in [1.807, 2.05) is 13.0 Å². The summed E-state index contributed by atoms with van der Waals surface area (Å²) >= 11 is 1.30. The third-order valence-corrected chi connectivity index (χ3v) is 9.04. The van der Waals surface area contributed by atoms with E-state index < -0.39 is 27.1 Å². The quantitative estimate of drug-likeness (QED) is 0.110. The van der Waals surface area contributed by atoms with E-state index in [9.17, 15) is 22.8 Å². The molecule has 1 unspecified atom stereocenters. The van der Waals surface area contributed by atoms with Gasteiger partial charge in [0, 0.05) is 27.4 Å². The average Bonchev–Trinajstić information content (AvgIpc) is 3.07. The Morgan fingerprint density at radius 2 is 1.57 bits per heavy atom. The summed E-state index contributed by atoms with van der Waals surface area (Å²) in [6, 6.07) is 26.1. The molecule has 11 nitrogen and oxygen atoms in total. The van der Waals surface area contributed by atoms with Crippen LogP contribution in [0.2, 0.25) is 0 Å². The summed E-state index contributed by atoms with van der Waals surface area (Å²) in [6.07, 6.45) is 1.99. The highest BCUT2D eigenvalue weighted by molar-refractivity contribution is 8.00. The summed E-state index contributed by atoms with van der Waals surface area (Å²) < 4.78 is 33.8. The second kappa shape index (κ2) is 15.9. The Morgan fingerprint density at radius 1 is 0.851 bits per heavy atom. The Kier molecular flexibility index (Phi) is 11.8. The fourth-order valence-electron chi connectivity index (χ4n) is 4.33. The van der Waals surface area contributed by atoms with Crippen LogP contribution in [0.1, 0.15) is 29.3 Å². The number of nitrogens with one attached hydrogen (secondary N) is 3. The van der Waals surface area contributed by atoms with Gasteiger partial charge in [-0.1, -0.05) is 31.2 Å². The maximum Gasteiger partial charge on any atom is 0.272 e. The van der Waals surface area contributed by atoms with Crippen LogP contribution in [0.15, 0.2) is 113 Å². The molecule has 0 radical (unpaired) electrons. The summed E-state index contributed by atoms with van der Waals surface area (Å²) in [5.74, 6) is -0.349. The second-order valence-corrected chi connectivity index (χ2v) is 12.9. The minimum absolute atomic E-state index is 0.0391. The standard InChI is InChI=1S/C34H34N4O7S2/c1-4-31(34(41)36-24-13-16-28(17-14-24)47(35,42)43)46-27-12-8-11-25(21-27)37-33(40)29(38-32(39)22-9-6-5-7-10-22)20-23-19-26(44-2)15-18-30(23)45-3/h5-21,31H,4H2,1-3H3,(H,36,41)(H,37,40)(H,38,39)(H2,35,42,43)/b29-20+. The number of sulfonamides is 1. The fraction of sp³-hybridized carbons (Fsp3) is 0.147. The number of benzene rings is 4. The molecule has 5 N–H and O–H groups in total. The van der Waals surface area contributed by atoms with Crippen molar-refractivity contribution in [3.8, 4) is 11.5 Å². The highest BCUT2D eigenvalue weighted by Gasteiger charge is 2.20. The van der Waals surface area contributed by atoms with E-state index in [0.29, 0.717) is 45.3 Å². The number of carbonyl (C=O) groups excluding carboxylic acids is 3. The van der Waals surface area contributed by atoms with Gasteiger partial charge in [-0.05, 0) is 85.3 Å². The summed E-state index contributed by atoms with van der Waals surface area (Å²) in [4.78, 5) is 40.4. The lowest BCUT2D eigenvalue weighted by Crippen LogP contribution is -2.30. The van der Waals surface area contributed by atoms with Crippen molar-refractivity contribution in [3.63, 3.8) is 0 Å². The molecular formula is C34H34N4O7S2. The van der Waals surface area contributed by atoms with Gasteiger partial charge in [0.05, 0.1) is 24.4 Å². The first-order chi connectivity index (χ1) is 22.5. The summed E-state index contributed by atoms with van der Waals surface area (Å²) in [7, 11) is -0.832. The van der Waals surface area contributed by atoms with Crippen molar-refractivity contribution in [1.29, 1.82) is 0 Å². The number of rotatable bonds is 13. The van der Waals surface area contributed by atoms with Crippen LogP contribution in [-0.2, 0) is 19.6 Å². The highest BCUT2D eigenvalue weighted by atomic mass is 32.2. The Bertz CT molecular complexity index is 1880. The minimum atomic E-state index is -3.85. The van der Waals surface area contributed by atoms with Gasteiger partial charge in [-0.2, -0.15) is 0 Å². The number of hydrogen-bond acceptors (Lipinski definition) is 8. The zero-order valence-electron chi connectivity index (χ0n) is 25.9. The van der Waals surface area contributed by atoms with Crippen molar-refractivity contribution in [1.82, 2.24) is 5.32 Å². The Hall–Kier alpha value is -5.11. The molecule has 0 bridgehead atoms. The zero-order valence-corrected chi connectivity index (χ0v) is 27.5. The van der Waals surface area contributed by atoms with E-state index in [1.165, 1.54) is 56.3 Å². The van der Waals surface area contributed by atoms with Crippen LogP contribution >= 0.6 is 11.8 Å². The van der Waals surface area contributed by atoms with Gasteiger partial charge in [0.15, 0.2) is 0 Å². The number of primary sulfonamides is 1. The first-order valence-electron chi connectivity index (χ1n) is 14.3. The van der Waals surface area contributed by atoms with Crippen molar-refractivity contribution < 1.29 is 32.3 Å². The van der Waals surface area contributed by atoms with Crippen LogP contribution in [0.5, 0.6) is 11.5 Å². The molecule has 244 valence electrons. The van der Waals surface area contributed by atoms with Gasteiger partial charge >= 0.3 is 0 Å². The van der Waals surface area contributed by atoms with E-state index >= 15 is 0 Å². The molecule has 0 aliphatic heterocycles. The van der Waals surface area contributed by atoms with Crippen molar-refractivity contribution in [2.24, 2.45) is 5.14 Å². The molecule has 0 spiro atoms. The molecule has 4 aromatic rings. The number of methoxy groups -OCH3 is 2. The molecule has 0 heterocycles. The zero-order chi connectivity index (χ0) is 34.0. The van der Waals surface area contributed by atoms with Gasteiger partial charge in [-0.3, -0.25) is 14.4 Å². The van der Waals surface area contributed by atoms with Crippen LogP contribution < -0.4 is 30.6 Å². The molecule has 0 saturated carbocycles. The predicted molar refractivity (Wildman–Crippen MR) is 183 cm³/mol. The Balaban J connectivity index is 1.53. The SMILES string of the molecule is CCC(Sc1cccc(NC(=O)/C(=C\c2cc(OC)ccc2OC)NC(=O)c2ccccc2)c1)C(=O)Nc1ccc(S(N)(=O)=O)cc1. The maximum absolute atomic E-state index is 13.6. The number of thioether (sulfide) groups is 1. The van der Waals surface area contributed by atoms with Gasteiger partial charge in [-0.15, -0.1) is 11.8 Å². The first-order valence-corrected chi connectivity index (χ1v) is 16.7. The fourth-order valence-corrected chi connectivity index (χ4v) is 5.86. The molecule has 0 aliphatic carbocycles. The number of amides is 3. The molecule has 0 saturated heterocycles. The van der Waals surface area contributed by atoms with Crippen LogP contribution in [0.4, 0.5) is 11.4 Å². The summed E-state index contributed by atoms with van der Waals surface area (Å²) in [5.41, 5.74) is 1.69. The van der Waals surface area contributed by atoms with Gasteiger partial charge in [0.2, 0.25) is 15.9 Å². The lowest BCUT2D eigenvalue weighted by atomic mass is 10.1. The van der Waals surface area contributed by atoms with Crippen LogP contribution in [0, 0.1) is 0 Å². The lowest BCUT2D eigenvalue weighted by Gasteiger charge is -2.16. The monoisotopic (exact) mass is 674 g/mol. The predicted octanol–water partition coefficient (Wildman–Crippen LogP) is 5.27. The number of nitrogens with two attached hydrogens (primary N) is 1. The van der Waals surface area contributed by atoms with Gasteiger partial charge in [-0.25, -0.2) is 13.6 Å². The minimum Gasteiger partial charge on any atom is -0.497 e. The van der Waals surface area contributed by atoms with Crippen molar-refractivity contribution in [3.05, 3.63) is 114 Å². The Labute approximate surface area is 277 Å². The molecule has 0 aromatic heterocycles. The largest absolute Gasteiger partial charge is 0.497 e. The molecule has 1 atom stereocenters. The van der Waals surface area contributed by atoms with Gasteiger partial charge in [0.25, 0.3) is 11.8 Å². The summed E-state index contributed by atoms with van der Waals surface area (Å²) in [5, 5.41) is 13.0. The molecule has 4 rings (SSSR count). The second-order valence-electron chi connectivity index (χ2n) is 10.0. The molecule has 13 heteroatoms. The third-order valence-electron chi connectivity index (χ3n) is 6.75. The van der Waals surface area contributed by atoms with E-state index in [1.54, 1.807) is 66.7 Å². The van der Waals surface area contributed by atoms with Crippen molar-refractivity contribution in [2.75, 3.05) is 24.9 Å². The first kappa shape index (κ1) is 34.8. The van der Waals surface area contributed by atoms with E-state index in [0.717, 1.165) is 0 Å². The molecule has 4 aromatic carbocycles. The molecule has 3 amide bonds. The Morgan fingerprint density at radius 3 is 2.21 bits per heavy atom. The van der Waals surface area contributed by atoms with Crippen LogP contribution in [-0.4, -0.2) is 45.6 Å². The normalized spacial score (nSPS) is 12.0. The van der Waals surface area contributed by atoms with Gasteiger partial charge < -0.3 is 25.4 Å². The number of carbonyl (C=O) groups is 3. The average molecular weight is 675 g/mol. The van der Waals surface area contributed by atoms with Crippen molar-refractivity contribution in [2.45, 2.75) is 28.4 Å². The smallest absolute Gasteiger partial charge is 0.272 e.